The summed E-state index contributed by atoms with van der Waals surface area (Å²) in [5.41, 5.74) is 5.98. The lowest BCUT2D eigenvalue weighted by molar-refractivity contribution is 0.198. The summed E-state index contributed by atoms with van der Waals surface area (Å²) in [4.78, 5) is 0. The van der Waals surface area contributed by atoms with Crippen molar-refractivity contribution in [3.63, 3.8) is 0 Å². The first kappa shape index (κ1) is 9.90. The van der Waals surface area contributed by atoms with Gasteiger partial charge in [0, 0.05) is 5.92 Å². The molecule has 4 heteroatoms. The lowest BCUT2D eigenvalue weighted by atomic mass is 9.69. The fourth-order valence-corrected chi connectivity index (χ4v) is 3.30. The second-order valence-electron chi connectivity index (χ2n) is 4.77. The van der Waals surface area contributed by atoms with E-state index in [9.17, 15) is 0 Å². The van der Waals surface area contributed by atoms with Crippen LogP contribution < -0.4 is 5.73 Å². The van der Waals surface area contributed by atoms with Crippen molar-refractivity contribution in [3.8, 4) is 0 Å². The summed E-state index contributed by atoms with van der Waals surface area (Å²) in [5, 5.41) is 9.81. The average molecular weight is 211 g/mol. The molecule has 2 N–H and O–H groups in total. The fraction of sp³-hybridized carbons (Fsp3) is 0.800. The van der Waals surface area contributed by atoms with E-state index in [2.05, 4.69) is 24.0 Å². The number of aromatic nitrogens is 2. The Morgan fingerprint density at radius 2 is 2.14 bits per heavy atom. The summed E-state index contributed by atoms with van der Waals surface area (Å²) in [7, 11) is 0. The molecule has 1 atom stereocenters. The number of anilines is 1. The molecule has 2 rings (SSSR count). The predicted molar refractivity (Wildman–Crippen MR) is 59.3 cm³/mol. The van der Waals surface area contributed by atoms with Crippen LogP contribution in [-0.4, -0.2) is 10.2 Å². The third kappa shape index (κ3) is 1.75. The summed E-state index contributed by atoms with van der Waals surface area (Å²) in [6, 6.07) is 0. The maximum atomic E-state index is 5.62. The molecule has 0 saturated heterocycles. The van der Waals surface area contributed by atoms with Crippen molar-refractivity contribution in [1.82, 2.24) is 10.2 Å². The Morgan fingerprint density at radius 3 is 2.71 bits per heavy atom. The Hall–Kier alpha value is -0.640. The zero-order valence-corrected chi connectivity index (χ0v) is 9.60. The quantitative estimate of drug-likeness (QED) is 0.777. The first-order chi connectivity index (χ1) is 6.59. The molecule has 1 aromatic heterocycles. The lowest BCUT2D eigenvalue weighted by Gasteiger charge is -2.37. The largest absolute Gasteiger partial charge is 0.374 e. The van der Waals surface area contributed by atoms with Gasteiger partial charge in [-0.2, -0.15) is 0 Å². The van der Waals surface area contributed by atoms with Gasteiger partial charge in [-0.15, -0.1) is 10.2 Å². The molecule has 1 aromatic rings. The second kappa shape index (κ2) is 3.50. The van der Waals surface area contributed by atoms with Gasteiger partial charge in [0.15, 0.2) is 0 Å². The minimum atomic E-state index is 0.365. The Labute approximate surface area is 88.7 Å². The van der Waals surface area contributed by atoms with Crippen LogP contribution in [0.25, 0.3) is 0 Å². The van der Waals surface area contributed by atoms with Gasteiger partial charge in [0.05, 0.1) is 0 Å². The third-order valence-electron chi connectivity index (χ3n) is 3.26. The van der Waals surface area contributed by atoms with Crippen molar-refractivity contribution in [2.75, 3.05) is 5.73 Å². The topological polar surface area (TPSA) is 51.8 Å². The number of rotatable bonds is 1. The van der Waals surface area contributed by atoms with E-state index in [0.29, 0.717) is 16.5 Å². The maximum absolute atomic E-state index is 5.62. The molecule has 1 heterocycles. The minimum absolute atomic E-state index is 0.365. The van der Waals surface area contributed by atoms with Gasteiger partial charge >= 0.3 is 0 Å². The van der Waals surface area contributed by atoms with Crippen LogP contribution in [0.4, 0.5) is 5.13 Å². The van der Waals surface area contributed by atoms with Crippen LogP contribution in [0, 0.1) is 5.41 Å². The molecule has 1 aliphatic carbocycles. The van der Waals surface area contributed by atoms with Gasteiger partial charge in [0.25, 0.3) is 0 Å². The highest BCUT2D eigenvalue weighted by molar-refractivity contribution is 7.15. The van der Waals surface area contributed by atoms with Crippen LogP contribution in [0.5, 0.6) is 0 Å². The molecule has 0 amide bonds. The van der Waals surface area contributed by atoms with Gasteiger partial charge in [0.2, 0.25) is 5.13 Å². The fourth-order valence-electron chi connectivity index (χ4n) is 2.34. The van der Waals surface area contributed by atoms with Crippen LogP contribution in [0.2, 0.25) is 0 Å². The lowest BCUT2D eigenvalue weighted by Crippen LogP contribution is -2.25. The van der Waals surface area contributed by atoms with Crippen LogP contribution in [0.1, 0.15) is 50.5 Å². The van der Waals surface area contributed by atoms with Crippen molar-refractivity contribution in [1.29, 1.82) is 0 Å². The first-order valence-electron chi connectivity index (χ1n) is 5.18. The standard InChI is InChI=1S/C10H17N3S/c1-10(2)6-4-3-5-7(10)8-12-13-9(11)14-8/h7H,3-6H2,1-2H3,(H2,11,13). The number of nitrogens with zero attached hydrogens (tertiary/aromatic N) is 2. The molecule has 1 unspecified atom stereocenters. The zero-order chi connectivity index (χ0) is 10.2. The van der Waals surface area contributed by atoms with Crippen molar-refractivity contribution >= 4 is 16.5 Å². The highest BCUT2D eigenvalue weighted by atomic mass is 32.1. The molecule has 14 heavy (non-hydrogen) atoms. The first-order valence-corrected chi connectivity index (χ1v) is 6.00. The maximum Gasteiger partial charge on any atom is 0.203 e. The molecule has 1 saturated carbocycles. The predicted octanol–water partition coefficient (Wildman–Crippen LogP) is 2.80. The Bertz CT molecular complexity index is 319. The molecule has 0 bridgehead atoms. The van der Waals surface area contributed by atoms with Gasteiger partial charge < -0.3 is 5.73 Å². The highest BCUT2D eigenvalue weighted by Crippen LogP contribution is 2.47. The van der Waals surface area contributed by atoms with E-state index in [0.717, 1.165) is 5.01 Å². The molecule has 0 aromatic carbocycles. The van der Waals surface area contributed by atoms with Crippen LogP contribution >= 0.6 is 11.3 Å². The van der Waals surface area contributed by atoms with Crippen LogP contribution in [0.3, 0.4) is 0 Å². The van der Waals surface area contributed by atoms with E-state index in [1.165, 1.54) is 25.7 Å². The Kier molecular flexibility index (Phi) is 2.47. The molecular weight excluding hydrogens is 194 g/mol. The van der Waals surface area contributed by atoms with Crippen LogP contribution in [0.15, 0.2) is 0 Å². The van der Waals surface area contributed by atoms with Gasteiger partial charge in [-0.05, 0) is 18.3 Å². The van der Waals surface area contributed by atoms with Crippen molar-refractivity contribution in [2.45, 2.75) is 45.4 Å². The Morgan fingerprint density at radius 1 is 1.36 bits per heavy atom. The normalized spacial score (nSPS) is 26.3. The summed E-state index contributed by atoms with van der Waals surface area (Å²) in [5.74, 6) is 0.561. The zero-order valence-electron chi connectivity index (χ0n) is 8.79. The summed E-state index contributed by atoms with van der Waals surface area (Å²) in [6.45, 7) is 4.66. The number of nitrogens with two attached hydrogens (primary N) is 1. The minimum Gasteiger partial charge on any atom is -0.374 e. The number of nitrogen functional groups attached to an aromatic ring is 1. The van der Waals surface area contributed by atoms with Gasteiger partial charge in [-0.1, -0.05) is 38.0 Å². The molecule has 0 aliphatic heterocycles. The number of hydrogen-bond acceptors (Lipinski definition) is 4. The van der Waals surface area contributed by atoms with Crippen molar-refractivity contribution in [2.24, 2.45) is 5.41 Å². The van der Waals surface area contributed by atoms with E-state index in [1.807, 2.05) is 0 Å². The summed E-state index contributed by atoms with van der Waals surface area (Å²) < 4.78 is 0. The van der Waals surface area contributed by atoms with E-state index in [-0.39, 0.29) is 0 Å². The SMILES string of the molecule is CC1(C)CCCCC1c1nnc(N)s1. The smallest absolute Gasteiger partial charge is 0.203 e. The monoisotopic (exact) mass is 211 g/mol. The van der Waals surface area contributed by atoms with Gasteiger partial charge in [-0.25, -0.2) is 0 Å². The molecule has 78 valence electrons. The average Bonchev–Trinajstić information content (AvgIpc) is 2.51. The van der Waals surface area contributed by atoms with Gasteiger partial charge in [-0.3, -0.25) is 0 Å². The van der Waals surface area contributed by atoms with E-state index in [1.54, 1.807) is 11.3 Å². The van der Waals surface area contributed by atoms with Crippen molar-refractivity contribution in [3.05, 3.63) is 5.01 Å². The van der Waals surface area contributed by atoms with Crippen molar-refractivity contribution < 1.29 is 0 Å². The van der Waals surface area contributed by atoms with E-state index < -0.39 is 0 Å². The van der Waals surface area contributed by atoms with E-state index >= 15 is 0 Å². The molecule has 3 nitrogen and oxygen atoms in total. The Balaban J connectivity index is 2.23. The third-order valence-corrected chi connectivity index (χ3v) is 4.13. The molecule has 0 radical (unpaired) electrons. The molecular formula is C10H17N3S. The van der Waals surface area contributed by atoms with Gasteiger partial charge in [0.1, 0.15) is 5.01 Å². The van der Waals surface area contributed by atoms with E-state index in [4.69, 9.17) is 5.73 Å². The highest BCUT2D eigenvalue weighted by Gasteiger charge is 2.35. The molecule has 1 aliphatic rings. The summed E-state index contributed by atoms with van der Waals surface area (Å²) in [6.07, 6.45) is 5.18. The van der Waals surface area contributed by atoms with Crippen LogP contribution in [-0.2, 0) is 0 Å². The molecule has 1 fully saturated rings. The number of hydrogen-bond donors (Lipinski definition) is 1. The molecule has 0 spiro atoms. The summed E-state index contributed by atoms with van der Waals surface area (Å²) >= 11 is 1.55. The second-order valence-corrected chi connectivity index (χ2v) is 5.81.